The molecular weight excluding hydrogens is 232 g/mol. The van der Waals surface area contributed by atoms with Crippen LogP contribution in [0.25, 0.3) is 0 Å². The lowest BCUT2D eigenvalue weighted by Gasteiger charge is -2.30. The summed E-state index contributed by atoms with van der Waals surface area (Å²) in [5.41, 5.74) is 5.78. The number of carbonyl (C=O) groups is 1. The van der Waals surface area contributed by atoms with Gasteiger partial charge in [-0.3, -0.25) is 4.79 Å². The van der Waals surface area contributed by atoms with Gasteiger partial charge in [0.2, 0.25) is 5.91 Å². The standard InChI is InChI=1S/C13H22N2OS/c14-13(17)12(10-4-2-1-3-5-10)15-11(16)8-9-6-7-9/h9-10,12H,1-8H2,(H2,14,17)(H,15,16). The number of hydrogen-bond donors (Lipinski definition) is 2. The zero-order valence-electron chi connectivity index (χ0n) is 10.3. The molecule has 2 aliphatic carbocycles. The van der Waals surface area contributed by atoms with E-state index in [4.69, 9.17) is 18.0 Å². The van der Waals surface area contributed by atoms with Gasteiger partial charge < -0.3 is 11.1 Å². The van der Waals surface area contributed by atoms with Crippen LogP contribution < -0.4 is 11.1 Å². The first-order valence-electron chi connectivity index (χ1n) is 6.75. The molecule has 0 radical (unpaired) electrons. The molecule has 0 spiro atoms. The maximum Gasteiger partial charge on any atom is 0.220 e. The van der Waals surface area contributed by atoms with Gasteiger partial charge in [-0.15, -0.1) is 0 Å². The summed E-state index contributed by atoms with van der Waals surface area (Å²) in [4.78, 5) is 12.3. The van der Waals surface area contributed by atoms with E-state index in [0.29, 0.717) is 23.2 Å². The molecule has 3 N–H and O–H groups in total. The van der Waals surface area contributed by atoms with E-state index in [1.807, 2.05) is 0 Å². The first kappa shape index (κ1) is 12.8. The Balaban J connectivity index is 1.86. The fourth-order valence-corrected chi connectivity index (χ4v) is 2.96. The highest BCUT2D eigenvalue weighted by molar-refractivity contribution is 7.80. The van der Waals surface area contributed by atoms with Gasteiger partial charge in [0.1, 0.15) is 0 Å². The van der Waals surface area contributed by atoms with Crippen molar-refractivity contribution in [2.75, 3.05) is 0 Å². The number of rotatable bonds is 5. The maximum absolute atomic E-state index is 11.8. The zero-order chi connectivity index (χ0) is 12.3. The van der Waals surface area contributed by atoms with E-state index in [1.54, 1.807) is 0 Å². The molecule has 2 aliphatic rings. The highest BCUT2D eigenvalue weighted by atomic mass is 32.1. The van der Waals surface area contributed by atoms with Gasteiger partial charge in [0.05, 0.1) is 11.0 Å². The van der Waals surface area contributed by atoms with E-state index in [0.717, 1.165) is 12.8 Å². The second kappa shape index (κ2) is 5.80. The van der Waals surface area contributed by atoms with Crippen molar-refractivity contribution in [1.82, 2.24) is 5.32 Å². The molecule has 0 aromatic carbocycles. The van der Waals surface area contributed by atoms with Crippen molar-refractivity contribution in [2.24, 2.45) is 17.6 Å². The quantitative estimate of drug-likeness (QED) is 0.739. The Labute approximate surface area is 109 Å². The molecule has 17 heavy (non-hydrogen) atoms. The highest BCUT2D eigenvalue weighted by Gasteiger charge is 2.29. The predicted octanol–water partition coefficient (Wildman–Crippen LogP) is 2.14. The maximum atomic E-state index is 11.8. The molecule has 0 aromatic rings. The molecular formula is C13H22N2OS. The molecule has 1 atom stereocenters. The molecule has 4 heteroatoms. The second-order valence-electron chi connectivity index (χ2n) is 5.49. The third-order valence-electron chi connectivity index (χ3n) is 3.92. The number of amides is 1. The van der Waals surface area contributed by atoms with E-state index in [1.165, 1.54) is 32.1 Å². The van der Waals surface area contributed by atoms with Crippen molar-refractivity contribution in [3.05, 3.63) is 0 Å². The first-order chi connectivity index (χ1) is 8.16. The normalized spacial score (nSPS) is 23.1. The number of hydrogen-bond acceptors (Lipinski definition) is 2. The van der Waals surface area contributed by atoms with Crippen LogP contribution >= 0.6 is 12.2 Å². The van der Waals surface area contributed by atoms with Crippen LogP contribution in [-0.4, -0.2) is 16.9 Å². The molecule has 2 saturated carbocycles. The molecule has 1 unspecified atom stereocenters. The Bertz CT molecular complexity index is 296. The summed E-state index contributed by atoms with van der Waals surface area (Å²) < 4.78 is 0. The number of nitrogens with one attached hydrogen (secondary N) is 1. The van der Waals surface area contributed by atoms with Gasteiger partial charge in [0.25, 0.3) is 0 Å². The summed E-state index contributed by atoms with van der Waals surface area (Å²) >= 11 is 5.11. The second-order valence-corrected chi connectivity index (χ2v) is 5.96. The molecule has 0 aromatic heterocycles. The molecule has 3 nitrogen and oxygen atoms in total. The third kappa shape index (κ3) is 3.95. The average molecular weight is 254 g/mol. The summed E-state index contributed by atoms with van der Waals surface area (Å²) in [6.45, 7) is 0. The summed E-state index contributed by atoms with van der Waals surface area (Å²) in [5.74, 6) is 1.22. The van der Waals surface area contributed by atoms with Crippen molar-refractivity contribution in [2.45, 2.75) is 57.4 Å². The smallest absolute Gasteiger partial charge is 0.220 e. The molecule has 2 rings (SSSR count). The molecule has 0 saturated heterocycles. The van der Waals surface area contributed by atoms with Crippen LogP contribution in [0.3, 0.4) is 0 Å². The third-order valence-corrected chi connectivity index (χ3v) is 4.17. The zero-order valence-corrected chi connectivity index (χ0v) is 11.1. The Kier molecular flexibility index (Phi) is 4.37. The summed E-state index contributed by atoms with van der Waals surface area (Å²) in [6.07, 6.45) is 9.13. The van der Waals surface area contributed by atoms with Crippen molar-refractivity contribution in [3.8, 4) is 0 Å². The van der Waals surface area contributed by atoms with Crippen LogP contribution in [0.2, 0.25) is 0 Å². The Morgan fingerprint density at radius 3 is 2.41 bits per heavy atom. The Hall–Kier alpha value is -0.640. The van der Waals surface area contributed by atoms with Gasteiger partial charge in [-0.2, -0.15) is 0 Å². The summed E-state index contributed by atoms with van der Waals surface area (Å²) in [6, 6.07) is -0.0726. The van der Waals surface area contributed by atoms with Crippen LogP contribution in [0.15, 0.2) is 0 Å². The van der Waals surface area contributed by atoms with Gasteiger partial charge >= 0.3 is 0 Å². The fraction of sp³-hybridized carbons (Fsp3) is 0.846. The Morgan fingerprint density at radius 2 is 1.88 bits per heavy atom. The lowest BCUT2D eigenvalue weighted by molar-refractivity contribution is -0.122. The topological polar surface area (TPSA) is 55.1 Å². The van der Waals surface area contributed by atoms with Crippen molar-refractivity contribution < 1.29 is 4.79 Å². The van der Waals surface area contributed by atoms with Crippen LogP contribution in [0.1, 0.15) is 51.4 Å². The minimum Gasteiger partial charge on any atom is -0.392 e. The van der Waals surface area contributed by atoms with E-state index in [9.17, 15) is 4.79 Å². The van der Waals surface area contributed by atoms with Crippen LogP contribution in [0.4, 0.5) is 0 Å². The largest absolute Gasteiger partial charge is 0.392 e. The van der Waals surface area contributed by atoms with Gasteiger partial charge in [-0.05, 0) is 37.5 Å². The molecule has 1 amide bonds. The summed E-state index contributed by atoms with van der Waals surface area (Å²) in [5, 5.41) is 3.05. The monoisotopic (exact) mass is 254 g/mol. The van der Waals surface area contributed by atoms with Gasteiger partial charge in [0.15, 0.2) is 0 Å². The van der Waals surface area contributed by atoms with Crippen molar-refractivity contribution in [1.29, 1.82) is 0 Å². The van der Waals surface area contributed by atoms with Crippen LogP contribution in [0.5, 0.6) is 0 Å². The number of thiocarbonyl (C=S) groups is 1. The van der Waals surface area contributed by atoms with Crippen molar-refractivity contribution >= 4 is 23.1 Å². The van der Waals surface area contributed by atoms with Gasteiger partial charge in [0, 0.05) is 6.42 Å². The van der Waals surface area contributed by atoms with Crippen LogP contribution in [0, 0.1) is 11.8 Å². The minimum atomic E-state index is -0.0726. The molecule has 0 bridgehead atoms. The molecule has 0 aliphatic heterocycles. The van der Waals surface area contributed by atoms with E-state index in [-0.39, 0.29) is 11.9 Å². The SMILES string of the molecule is NC(=S)C(NC(=O)CC1CC1)C1CCCCC1. The lowest BCUT2D eigenvalue weighted by Crippen LogP contribution is -2.48. The number of nitrogens with two attached hydrogens (primary N) is 1. The Morgan fingerprint density at radius 1 is 1.24 bits per heavy atom. The average Bonchev–Trinajstić information content (AvgIpc) is 3.10. The van der Waals surface area contributed by atoms with E-state index in [2.05, 4.69) is 5.32 Å². The summed E-state index contributed by atoms with van der Waals surface area (Å²) in [7, 11) is 0. The fourth-order valence-electron chi connectivity index (χ4n) is 2.71. The van der Waals surface area contributed by atoms with Gasteiger partial charge in [-0.25, -0.2) is 0 Å². The predicted molar refractivity (Wildman–Crippen MR) is 72.6 cm³/mol. The van der Waals surface area contributed by atoms with E-state index < -0.39 is 0 Å². The first-order valence-corrected chi connectivity index (χ1v) is 7.16. The van der Waals surface area contributed by atoms with Gasteiger partial charge in [-0.1, -0.05) is 31.5 Å². The number of carbonyl (C=O) groups excluding carboxylic acids is 1. The molecule has 96 valence electrons. The van der Waals surface area contributed by atoms with E-state index >= 15 is 0 Å². The van der Waals surface area contributed by atoms with Crippen molar-refractivity contribution in [3.63, 3.8) is 0 Å². The minimum absolute atomic E-state index is 0.0726. The molecule has 2 fully saturated rings. The molecule has 0 heterocycles. The van der Waals surface area contributed by atoms with Crippen LogP contribution in [-0.2, 0) is 4.79 Å². The lowest BCUT2D eigenvalue weighted by atomic mass is 9.83. The highest BCUT2D eigenvalue weighted by Crippen LogP contribution is 2.32.